The number of hydrogen-bond acceptors (Lipinski definition) is 6. The van der Waals surface area contributed by atoms with Gasteiger partial charge in [0.25, 0.3) is 0 Å². The van der Waals surface area contributed by atoms with E-state index in [9.17, 15) is 14.4 Å². The molecule has 0 aliphatic heterocycles. The molecule has 0 rings (SSSR count). The fourth-order valence-corrected chi connectivity index (χ4v) is 9.92. The van der Waals surface area contributed by atoms with E-state index < -0.39 is 6.10 Å². The van der Waals surface area contributed by atoms with Gasteiger partial charge in [0.2, 0.25) is 0 Å². The maximum atomic E-state index is 12.9. The molecule has 0 heterocycles. The number of carbonyl (C=O) groups is 3. The minimum absolute atomic E-state index is 0.0720. The normalized spacial score (nSPS) is 12.2. The van der Waals surface area contributed by atoms with E-state index in [2.05, 4.69) is 57.2 Å². The lowest BCUT2D eigenvalue weighted by atomic mass is 10.0. The highest BCUT2D eigenvalue weighted by atomic mass is 16.6. The minimum Gasteiger partial charge on any atom is -0.462 e. The highest BCUT2D eigenvalue weighted by molar-refractivity contribution is 5.71. The van der Waals surface area contributed by atoms with Crippen molar-refractivity contribution in [2.24, 2.45) is 0 Å². The van der Waals surface area contributed by atoms with E-state index in [1.54, 1.807) is 0 Å². The van der Waals surface area contributed by atoms with Crippen molar-refractivity contribution >= 4 is 17.9 Å². The van der Waals surface area contributed by atoms with Gasteiger partial charge in [0.05, 0.1) is 0 Å². The minimum atomic E-state index is -0.776. The molecule has 0 saturated heterocycles. The molecule has 74 heavy (non-hydrogen) atoms. The fourth-order valence-electron chi connectivity index (χ4n) is 9.92. The summed E-state index contributed by atoms with van der Waals surface area (Å²) in [6, 6.07) is 0. The Bertz CT molecular complexity index is 1240. The van der Waals surface area contributed by atoms with Crippen LogP contribution in [0.25, 0.3) is 0 Å². The molecular weight excluding hydrogens is 913 g/mol. The number of hydrogen-bond donors (Lipinski definition) is 0. The van der Waals surface area contributed by atoms with Crippen LogP contribution in [0.2, 0.25) is 0 Å². The monoisotopic (exact) mass is 1040 g/mol. The lowest BCUT2D eigenvalue weighted by Crippen LogP contribution is -2.30. The van der Waals surface area contributed by atoms with Gasteiger partial charge in [-0.2, -0.15) is 0 Å². The second kappa shape index (κ2) is 63.2. The van der Waals surface area contributed by atoms with Crippen molar-refractivity contribution in [3.63, 3.8) is 0 Å². The van der Waals surface area contributed by atoms with E-state index in [1.807, 2.05) is 0 Å². The van der Waals surface area contributed by atoms with Gasteiger partial charge in [-0.1, -0.05) is 320 Å². The quantitative estimate of drug-likeness (QED) is 0.0261. The summed E-state index contributed by atoms with van der Waals surface area (Å²) in [6.45, 7) is 6.68. The van der Waals surface area contributed by atoms with E-state index in [4.69, 9.17) is 14.2 Å². The lowest BCUT2D eigenvalue weighted by molar-refractivity contribution is -0.167. The second-order valence-electron chi connectivity index (χ2n) is 22.4. The standard InChI is InChI=1S/C68H126O6/c1-4-7-10-13-16-19-22-25-28-31-33-35-37-40-43-46-49-52-55-58-61-67(70)73-64-65(63-72-66(69)60-57-54-51-48-45-42-39-36-30-27-24-21-18-15-12-9-6-3)74-68(71)62-59-56-53-50-47-44-41-38-34-32-29-26-23-20-17-14-11-8-5-2/h17,20,26,29,34,38,65H,4-16,18-19,21-25,27-28,30-33,35-37,39-64H2,1-3H3/b20-17-,29-26-,38-34-. The third-order valence-corrected chi connectivity index (χ3v) is 14.9. The molecule has 1 atom stereocenters. The van der Waals surface area contributed by atoms with Crippen LogP contribution in [0, 0.1) is 0 Å². The smallest absolute Gasteiger partial charge is 0.306 e. The molecule has 0 spiro atoms. The van der Waals surface area contributed by atoms with Crippen LogP contribution in [0.3, 0.4) is 0 Å². The predicted molar refractivity (Wildman–Crippen MR) is 321 cm³/mol. The molecule has 0 amide bonds. The van der Waals surface area contributed by atoms with Gasteiger partial charge in [0, 0.05) is 19.3 Å². The van der Waals surface area contributed by atoms with Gasteiger partial charge in [-0.3, -0.25) is 14.4 Å². The maximum absolute atomic E-state index is 12.9. The summed E-state index contributed by atoms with van der Waals surface area (Å²) in [7, 11) is 0. The summed E-state index contributed by atoms with van der Waals surface area (Å²) in [5.41, 5.74) is 0. The molecule has 0 saturated carbocycles. The molecule has 0 aromatic heterocycles. The Morgan fingerprint density at radius 3 is 0.784 bits per heavy atom. The van der Waals surface area contributed by atoms with Crippen molar-refractivity contribution in [2.75, 3.05) is 13.2 Å². The number of unbranched alkanes of at least 4 members (excludes halogenated alkanes) is 44. The molecule has 434 valence electrons. The van der Waals surface area contributed by atoms with Crippen molar-refractivity contribution in [2.45, 2.75) is 367 Å². The maximum Gasteiger partial charge on any atom is 0.306 e. The first-order valence-electron chi connectivity index (χ1n) is 33.0. The molecule has 0 fully saturated rings. The fraction of sp³-hybridized carbons (Fsp3) is 0.868. The van der Waals surface area contributed by atoms with Gasteiger partial charge in [-0.15, -0.1) is 0 Å². The van der Waals surface area contributed by atoms with Crippen LogP contribution in [-0.4, -0.2) is 37.2 Å². The molecule has 6 nitrogen and oxygen atoms in total. The van der Waals surface area contributed by atoms with Crippen molar-refractivity contribution in [1.29, 1.82) is 0 Å². The summed E-state index contributed by atoms with van der Waals surface area (Å²) in [6.07, 6.45) is 77.2. The third-order valence-electron chi connectivity index (χ3n) is 14.9. The van der Waals surface area contributed by atoms with Crippen LogP contribution in [-0.2, 0) is 28.6 Å². The van der Waals surface area contributed by atoms with Crippen LogP contribution >= 0.6 is 0 Å². The lowest BCUT2D eigenvalue weighted by Gasteiger charge is -2.18. The van der Waals surface area contributed by atoms with Crippen LogP contribution in [0.15, 0.2) is 36.5 Å². The Kier molecular flexibility index (Phi) is 61.1. The van der Waals surface area contributed by atoms with Crippen LogP contribution in [0.4, 0.5) is 0 Å². The van der Waals surface area contributed by atoms with Gasteiger partial charge in [0.15, 0.2) is 6.10 Å². The van der Waals surface area contributed by atoms with E-state index >= 15 is 0 Å². The van der Waals surface area contributed by atoms with Crippen LogP contribution in [0.1, 0.15) is 361 Å². The van der Waals surface area contributed by atoms with Crippen molar-refractivity contribution in [3.8, 4) is 0 Å². The first-order valence-corrected chi connectivity index (χ1v) is 33.0. The van der Waals surface area contributed by atoms with E-state index in [0.29, 0.717) is 19.3 Å². The summed E-state index contributed by atoms with van der Waals surface area (Å²) in [5, 5.41) is 0. The SMILES string of the molecule is CCCCC/C=C\C/C=C\C/C=C\CCCCCCCCC(=O)OC(COC(=O)CCCCCCCCCCCCCCCCCCC)COC(=O)CCCCCCCCCCCCCCCCCCCCCC. The molecule has 1 unspecified atom stereocenters. The molecule has 6 heteroatoms. The molecule has 0 aromatic carbocycles. The highest BCUT2D eigenvalue weighted by Crippen LogP contribution is 2.18. The van der Waals surface area contributed by atoms with Gasteiger partial charge < -0.3 is 14.2 Å². The Hall–Kier alpha value is -2.37. The number of carbonyl (C=O) groups excluding carboxylic acids is 3. The molecule has 0 N–H and O–H groups in total. The first kappa shape index (κ1) is 71.6. The predicted octanol–water partition coefficient (Wildman–Crippen LogP) is 22.4. The van der Waals surface area contributed by atoms with Crippen molar-refractivity contribution in [3.05, 3.63) is 36.5 Å². The summed E-state index contributed by atoms with van der Waals surface area (Å²) >= 11 is 0. The van der Waals surface area contributed by atoms with E-state index in [-0.39, 0.29) is 31.1 Å². The average molecular weight is 1040 g/mol. The van der Waals surface area contributed by atoms with Crippen molar-refractivity contribution in [1.82, 2.24) is 0 Å². The highest BCUT2D eigenvalue weighted by Gasteiger charge is 2.19. The molecule has 0 aromatic rings. The number of allylic oxidation sites excluding steroid dienone is 6. The summed E-state index contributed by atoms with van der Waals surface area (Å²) in [4.78, 5) is 38.4. The Morgan fingerprint density at radius 2 is 0.486 bits per heavy atom. The number of esters is 3. The van der Waals surface area contributed by atoms with Gasteiger partial charge in [-0.25, -0.2) is 0 Å². The van der Waals surface area contributed by atoms with Gasteiger partial charge in [-0.05, 0) is 57.8 Å². The van der Waals surface area contributed by atoms with Crippen molar-refractivity contribution < 1.29 is 28.6 Å². The van der Waals surface area contributed by atoms with Crippen LogP contribution in [0.5, 0.6) is 0 Å². The molecule has 0 aliphatic carbocycles. The van der Waals surface area contributed by atoms with Gasteiger partial charge >= 0.3 is 17.9 Å². The molecule has 0 radical (unpaired) electrons. The zero-order chi connectivity index (χ0) is 53.6. The Labute approximate surface area is 461 Å². The zero-order valence-corrected chi connectivity index (χ0v) is 49.9. The van der Waals surface area contributed by atoms with E-state index in [1.165, 1.54) is 244 Å². The largest absolute Gasteiger partial charge is 0.462 e. The molecule has 0 aliphatic rings. The number of ether oxygens (including phenoxy) is 3. The zero-order valence-electron chi connectivity index (χ0n) is 49.9. The molecular formula is C68H126O6. The average Bonchev–Trinajstić information content (AvgIpc) is 3.40. The Morgan fingerprint density at radius 1 is 0.270 bits per heavy atom. The summed E-state index contributed by atoms with van der Waals surface area (Å²) < 4.78 is 17.0. The van der Waals surface area contributed by atoms with Crippen LogP contribution < -0.4 is 0 Å². The number of rotatable bonds is 61. The van der Waals surface area contributed by atoms with Gasteiger partial charge in [0.1, 0.15) is 13.2 Å². The first-order chi connectivity index (χ1) is 36.5. The summed E-state index contributed by atoms with van der Waals surface area (Å²) in [5.74, 6) is -0.856. The topological polar surface area (TPSA) is 78.9 Å². The second-order valence-corrected chi connectivity index (χ2v) is 22.4. The van der Waals surface area contributed by atoms with E-state index in [0.717, 1.165) is 77.0 Å². The Balaban J connectivity index is 4.34. The third kappa shape index (κ3) is 60.5. The molecule has 0 bridgehead atoms.